The fourth-order valence-electron chi connectivity index (χ4n) is 3.94. The number of carbonyl (C=O) groups is 1. The number of aromatic nitrogens is 2. The van der Waals surface area contributed by atoms with Crippen LogP contribution in [0.4, 0.5) is 5.13 Å². The highest BCUT2D eigenvalue weighted by Gasteiger charge is 2.25. The Hall–Kier alpha value is -2.59. The molecular weight excluding hydrogens is 456 g/mol. The quantitative estimate of drug-likeness (QED) is 0.363. The zero-order valence-corrected chi connectivity index (χ0v) is 20.2. The van der Waals surface area contributed by atoms with Gasteiger partial charge in [-0.25, -0.2) is 9.97 Å². The van der Waals surface area contributed by atoms with E-state index in [0.717, 1.165) is 65.5 Å². The molecule has 1 aliphatic heterocycles. The molecule has 1 amide bonds. The third-order valence-electron chi connectivity index (χ3n) is 5.58. The van der Waals surface area contributed by atoms with Crippen molar-refractivity contribution in [1.82, 2.24) is 14.9 Å². The van der Waals surface area contributed by atoms with Crippen molar-refractivity contribution < 1.29 is 14.3 Å². The molecule has 0 radical (unpaired) electrons. The molecule has 3 heterocycles. The molecule has 2 aromatic carbocycles. The van der Waals surface area contributed by atoms with Crippen LogP contribution in [0.25, 0.3) is 20.4 Å². The van der Waals surface area contributed by atoms with Crippen LogP contribution in [-0.2, 0) is 4.74 Å². The summed E-state index contributed by atoms with van der Waals surface area (Å²) >= 11 is 2.95. The SMILES string of the molecule is CCOc1cccc2sc(N(CCCN3CCOCC3)C(=O)c3nc4ccccc4s3)nc12. The number of nitrogens with zero attached hydrogens (tertiary/aromatic N) is 4. The van der Waals surface area contributed by atoms with Crippen molar-refractivity contribution in [2.75, 3.05) is 50.9 Å². The maximum atomic E-state index is 13.7. The molecule has 1 aliphatic rings. The molecule has 0 N–H and O–H groups in total. The Balaban J connectivity index is 1.44. The molecule has 0 aliphatic carbocycles. The van der Waals surface area contributed by atoms with Crippen molar-refractivity contribution in [3.05, 3.63) is 47.5 Å². The zero-order chi connectivity index (χ0) is 22.6. The predicted octanol–water partition coefficient (Wildman–Crippen LogP) is 4.67. The number of carbonyl (C=O) groups excluding carboxylic acids is 1. The van der Waals surface area contributed by atoms with Gasteiger partial charge in [0.25, 0.3) is 5.91 Å². The Morgan fingerprint density at radius 2 is 1.91 bits per heavy atom. The van der Waals surface area contributed by atoms with Crippen LogP contribution < -0.4 is 9.64 Å². The fourth-order valence-corrected chi connectivity index (χ4v) is 5.86. The number of rotatable bonds is 8. The summed E-state index contributed by atoms with van der Waals surface area (Å²) in [6.07, 6.45) is 0.852. The van der Waals surface area contributed by atoms with E-state index >= 15 is 0 Å². The molecular formula is C24H26N4O3S2. The van der Waals surface area contributed by atoms with E-state index in [0.29, 0.717) is 23.3 Å². The second kappa shape index (κ2) is 10.1. The number of amides is 1. The zero-order valence-electron chi connectivity index (χ0n) is 18.5. The molecule has 0 bridgehead atoms. The molecule has 0 spiro atoms. The second-order valence-electron chi connectivity index (χ2n) is 7.78. The summed E-state index contributed by atoms with van der Waals surface area (Å²) < 4.78 is 13.2. The Morgan fingerprint density at radius 3 is 2.73 bits per heavy atom. The second-order valence-corrected chi connectivity index (χ2v) is 9.82. The summed E-state index contributed by atoms with van der Waals surface area (Å²) in [4.78, 5) is 27.3. The van der Waals surface area contributed by atoms with E-state index in [1.807, 2.05) is 49.4 Å². The number of ether oxygens (including phenoxy) is 2. The maximum absolute atomic E-state index is 13.7. The molecule has 172 valence electrons. The third-order valence-corrected chi connectivity index (χ3v) is 7.65. The number of anilines is 1. The fraction of sp³-hybridized carbons (Fsp3) is 0.375. The molecule has 1 saturated heterocycles. The van der Waals surface area contributed by atoms with E-state index in [4.69, 9.17) is 14.5 Å². The van der Waals surface area contributed by atoms with Crippen LogP contribution in [0.2, 0.25) is 0 Å². The third kappa shape index (κ3) is 4.86. The number of morpholine rings is 1. The van der Waals surface area contributed by atoms with Gasteiger partial charge in [0.05, 0.1) is 34.7 Å². The average Bonchev–Trinajstić information content (AvgIpc) is 3.47. The van der Waals surface area contributed by atoms with Gasteiger partial charge in [-0.1, -0.05) is 29.5 Å². The van der Waals surface area contributed by atoms with Crippen LogP contribution in [0, 0.1) is 0 Å². The van der Waals surface area contributed by atoms with Gasteiger partial charge in [-0.05, 0) is 37.6 Å². The largest absolute Gasteiger partial charge is 0.492 e. The lowest BCUT2D eigenvalue weighted by Crippen LogP contribution is -2.39. The summed E-state index contributed by atoms with van der Waals surface area (Å²) in [5.74, 6) is 0.647. The van der Waals surface area contributed by atoms with Gasteiger partial charge >= 0.3 is 0 Å². The lowest BCUT2D eigenvalue weighted by atomic mass is 10.3. The van der Waals surface area contributed by atoms with E-state index < -0.39 is 0 Å². The van der Waals surface area contributed by atoms with Gasteiger partial charge in [0, 0.05) is 26.2 Å². The average molecular weight is 483 g/mol. The van der Waals surface area contributed by atoms with Crippen molar-refractivity contribution in [3.63, 3.8) is 0 Å². The van der Waals surface area contributed by atoms with E-state index in [1.54, 1.807) is 4.90 Å². The Bertz CT molecular complexity index is 1220. The number of fused-ring (bicyclic) bond motifs is 2. The van der Waals surface area contributed by atoms with Gasteiger partial charge in [-0.3, -0.25) is 14.6 Å². The molecule has 0 saturated carbocycles. The first-order valence-corrected chi connectivity index (χ1v) is 12.9. The highest BCUT2D eigenvalue weighted by Crippen LogP contribution is 2.35. The smallest absolute Gasteiger partial charge is 0.289 e. The summed E-state index contributed by atoms with van der Waals surface area (Å²) in [6.45, 7) is 7.44. The summed E-state index contributed by atoms with van der Waals surface area (Å²) in [7, 11) is 0. The van der Waals surface area contributed by atoms with Crippen molar-refractivity contribution in [3.8, 4) is 5.75 Å². The van der Waals surface area contributed by atoms with Crippen molar-refractivity contribution in [2.24, 2.45) is 0 Å². The predicted molar refractivity (Wildman–Crippen MR) is 134 cm³/mol. The molecule has 1 fully saturated rings. The standard InChI is InChI=1S/C24H26N4O3S2/c1-2-31-18-8-5-10-20-21(18)26-24(33-20)28(12-6-11-27-13-15-30-16-14-27)23(29)22-25-17-7-3-4-9-19(17)32-22/h3-5,7-10H,2,6,11-16H2,1H3. The maximum Gasteiger partial charge on any atom is 0.289 e. The van der Waals surface area contributed by atoms with Gasteiger partial charge < -0.3 is 9.47 Å². The Labute approximate surface area is 200 Å². The minimum atomic E-state index is -0.102. The van der Waals surface area contributed by atoms with E-state index in [2.05, 4.69) is 9.88 Å². The van der Waals surface area contributed by atoms with Crippen LogP contribution in [0.5, 0.6) is 5.75 Å². The van der Waals surface area contributed by atoms with Gasteiger partial charge in [0.2, 0.25) is 0 Å². The van der Waals surface area contributed by atoms with E-state index in [-0.39, 0.29) is 5.91 Å². The molecule has 5 rings (SSSR count). The van der Waals surface area contributed by atoms with Gasteiger partial charge in [-0.2, -0.15) is 0 Å². The molecule has 7 nitrogen and oxygen atoms in total. The number of thiazole rings is 2. The first kappa shape index (κ1) is 22.2. The van der Waals surface area contributed by atoms with Crippen LogP contribution in [-0.4, -0.2) is 66.8 Å². The number of hydrogen-bond acceptors (Lipinski definition) is 8. The highest BCUT2D eigenvalue weighted by atomic mass is 32.1. The van der Waals surface area contributed by atoms with Crippen molar-refractivity contribution in [1.29, 1.82) is 0 Å². The number of benzene rings is 2. The van der Waals surface area contributed by atoms with E-state index in [1.165, 1.54) is 22.7 Å². The highest BCUT2D eigenvalue weighted by molar-refractivity contribution is 7.23. The summed E-state index contributed by atoms with van der Waals surface area (Å²) in [5.41, 5.74) is 1.65. The van der Waals surface area contributed by atoms with E-state index in [9.17, 15) is 4.79 Å². The molecule has 0 unspecified atom stereocenters. The molecule has 2 aromatic heterocycles. The lowest BCUT2D eigenvalue weighted by Gasteiger charge is -2.27. The Morgan fingerprint density at radius 1 is 1.09 bits per heavy atom. The first-order chi connectivity index (χ1) is 16.2. The molecule has 33 heavy (non-hydrogen) atoms. The minimum Gasteiger partial charge on any atom is -0.492 e. The topological polar surface area (TPSA) is 67.8 Å². The van der Waals surface area contributed by atoms with Crippen LogP contribution >= 0.6 is 22.7 Å². The van der Waals surface area contributed by atoms with Gasteiger partial charge in [0.15, 0.2) is 10.1 Å². The van der Waals surface area contributed by atoms with Crippen LogP contribution in [0.3, 0.4) is 0 Å². The monoisotopic (exact) mass is 482 g/mol. The molecule has 9 heteroatoms. The number of hydrogen-bond donors (Lipinski definition) is 0. The Kier molecular flexibility index (Phi) is 6.82. The first-order valence-electron chi connectivity index (χ1n) is 11.2. The van der Waals surface area contributed by atoms with Crippen LogP contribution in [0.15, 0.2) is 42.5 Å². The number of para-hydroxylation sites is 2. The van der Waals surface area contributed by atoms with Gasteiger partial charge in [0.1, 0.15) is 11.3 Å². The lowest BCUT2D eigenvalue weighted by molar-refractivity contribution is 0.0376. The van der Waals surface area contributed by atoms with Crippen LogP contribution in [0.1, 0.15) is 23.1 Å². The summed E-state index contributed by atoms with van der Waals surface area (Å²) in [6, 6.07) is 13.8. The van der Waals surface area contributed by atoms with Gasteiger partial charge in [-0.15, -0.1) is 11.3 Å². The normalized spacial score (nSPS) is 14.7. The minimum absolute atomic E-state index is 0.102. The van der Waals surface area contributed by atoms with Crippen molar-refractivity contribution >= 4 is 54.1 Å². The molecule has 0 atom stereocenters. The molecule has 4 aromatic rings. The summed E-state index contributed by atoms with van der Waals surface area (Å²) in [5, 5.41) is 1.18. The van der Waals surface area contributed by atoms with Crippen molar-refractivity contribution in [2.45, 2.75) is 13.3 Å².